The molecule has 0 amide bonds. The van der Waals surface area contributed by atoms with Crippen LogP contribution >= 0.6 is 0 Å². The van der Waals surface area contributed by atoms with E-state index in [1.807, 2.05) is 6.92 Å². The molecule has 0 aliphatic rings. The molecule has 0 spiro atoms. The molecule has 90 valence electrons. The van der Waals surface area contributed by atoms with E-state index in [-0.39, 0.29) is 0 Å². The molecule has 0 fully saturated rings. The highest BCUT2D eigenvalue weighted by Gasteiger charge is 2.38. The smallest absolute Gasteiger partial charge is 0.481 e. The molecule has 4 nitrogen and oxygen atoms in total. The third-order valence-corrected chi connectivity index (χ3v) is 1.71. The number of aliphatic carboxylic acids is 2. The van der Waals surface area contributed by atoms with Gasteiger partial charge in [0.25, 0.3) is 0 Å². The first-order chi connectivity index (χ1) is 6.45. The number of carboxylic acid groups (broad SMARTS) is 2. The molecule has 0 saturated carbocycles. The molecule has 0 unspecified atom stereocenters. The van der Waals surface area contributed by atoms with E-state index in [4.69, 9.17) is 15.0 Å². The number of hydrogen-bond acceptors (Lipinski definition) is 2. The molecule has 0 aromatic heterocycles. The van der Waals surface area contributed by atoms with Crippen LogP contribution in [0.1, 0.15) is 27.2 Å². The van der Waals surface area contributed by atoms with Crippen LogP contribution in [-0.4, -0.2) is 28.3 Å². The van der Waals surface area contributed by atoms with Crippen molar-refractivity contribution in [3.63, 3.8) is 0 Å². The van der Waals surface area contributed by atoms with Gasteiger partial charge in [-0.1, -0.05) is 6.92 Å². The SMILES string of the molecule is CCC(C)(C)C(=O)O.O=C(O)C(F)(F)F. The van der Waals surface area contributed by atoms with Crippen LogP contribution in [0.5, 0.6) is 0 Å². The molecule has 0 bridgehead atoms. The Hall–Kier alpha value is -1.27. The van der Waals surface area contributed by atoms with E-state index >= 15 is 0 Å². The topological polar surface area (TPSA) is 74.6 Å². The van der Waals surface area contributed by atoms with Crippen LogP contribution in [-0.2, 0) is 9.59 Å². The number of hydrogen-bond donors (Lipinski definition) is 2. The van der Waals surface area contributed by atoms with Crippen LogP contribution in [0.15, 0.2) is 0 Å². The maximum absolute atomic E-state index is 10.6. The largest absolute Gasteiger partial charge is 0.490 e. The van der Waals surface area contributed by atoms with E-state index in [9.17, 15) is 18.0 Å². The highest BCUT2D eigenvalue weighted by Crippen LogP contribution is 2.18. The molecule has 15 heavy (non-hydrogen) atoms. The maximum atomic E-state index is 10.6. The summed E-state index contributed by atoms with van der Waals surface area (Å²) in [7, 11) is 0. The van der Waals surface area contributed by atoms with Crippen molar-refractivity contribution in [2.45, 2.75) is 33.4 Å². The monoisotopic (exact) mass is 230 g/mol. The fourth-order valence-electron chi connectivity index (χ4n) is 0.151. The lowest BCUT2D eigenvalue weighted by Gasteiger charge is -2.14. The zero-order valence-electron chi connectivity index (χ0n) is 8.55. The van der Waals surface area contributed by atoms with E-state index < -0.39 is 23.5 Å². The molecule has 2 N–H and O–H groups in total. The number of alkyl halides is 3. The Morgan fingerprint density at radius 1 is 1.07 bits per heavy atom. The minimum atomic E-state index is -5.08. The summed E-state index contributed by atoms with van der Waals surface area (Å²) in [6.07, 6.45) is -4.40. The van der Waals surface area contributed by atoms with Crippen molar-refractivity contribution in [2.24, 2.45) is 5.41 Å². The lowest BCUT2D eigenvalue weighted by Crippen LogP contribution is -2.21. The molecular weight excluding hydrogens is 217 g/mol. The van der Waals surface area contributed by atoms with Crippen molar-refractivity contribution in [2.75, 3.05) is 0 Å². The second-order valence-electron chi connectivity index (χ2n) is 3.35. The second kappa shape index (κ2) is 5.57. The first-order valence-electron chi connectivity index (χ1n) is 3.98. The van der Waals surface area contributed by atoms with Crippen molar-refractivity contribution in [1.29, 1.82) is 0 Å². The Kier molecular flexibility index (Phi) is 6.01. The molecule has 0 aromatic rings. The van der Waals surface area contributed by atoms with Crippen LogP contribution in [0.3, 0.4) is 0 Å². The Bertz CT molecular complexity index is 233. The van der Waals surface area contributed by atoms with Crippen molar-refractivity contribution in [3.8, 4) is 0 Å². The van der Waals surface area contributed by atoms with E-state index in [0.29, 0.717) is 6.42 Å². The minimum Gasteiger partial charge on any atom is -0.481 e. The summed E-state index contributed by atoms with van der Waals surface area (Å²) >= 11 is 0. The molecule has 0 atom stereocenters. The Morgan fingerprint density at radius 2 is 1.33 bits per heavy atom. The van der Waals surface area contributed by atoms with E-state index in [0.717, 1.165) is 0 Å². The zero-order chi connectivity index (χ0) is 12.9. The van der Waals surface area contributed by atoms with Gasteiger partial charge in [0.2, 0.25) is 0 Å². The first kappa shape index (κ1) is 16.2. The lowest BCUT2D eigenvalue weighted by molar-refractivity contribution is -0.192. The van der Waals surface area contributed by atoms with Crippen LogP contribution < -0.4 is 0 Å². The third-order valence-electron chi connectivity index (χ3n) is 1.71. The van der Waals surface area contributed by atoms with E-state index in [1.165, 1.54) is 0 Å². The predicted octanol–water partition coefficient (Wildman–Crippen LogP) is 2.14. The van der Waals surface area contributed by atoms with Gasteiger partial charge in [-0.05, 0) is 20.3 Å². The van der Waals surface area contributed by atoms with Crippen LogP contribution in [0, 0.1) is 5.41 Å². The average molecular weight is 230 g/mol. The predicted molar refractivity (Wildman–Crippen MR) is 45.4 cm³/mol. The van der Waals surface area contributed by atoms with Gasteiger partial charge in [0.1, 0.15) is 0 Å². The van der Waals surface area contributed by atoms with Crippen molar-refractivity contribution < 1.29 is 33.0 Å². The third kappa shape index (κ3) is 7.77. The van der Waals surface area contributed by atoms with Gasteiger partial charge in [-0.3, -0.25) is 4.79 Å². The summed E-state index contributed by atoms with van der Waals surface area (Å²) in [4.78, 5) is 19.1. The van der Waals surface area contributed by atoms with Gasteiger partial charge in [-0.25, -0.2) is 4.79 Å². The van der Waals surface area contributed by atoms with Gasteiger partial charge in [0, 0.05) is 0 Å². The van der Waals surface area contributed by atoms with Crippen molar-refractivity contribution in [3.05, 3.63) is 0 Å². The number of carboxylic acids is 2. The van der Waals surface area contributed by atoms with E-state index in [1.54, 1.807) is 13.8 Å². The Labute approximate surface area is 84.7 Å². The average Bonchev–Trinajstić information content (AvgIpc) is 2.03. The van der Waals surface area contributed by atoms with E-state index in [2.05, 4.69) is 0 Å². The quantitative estimate of drug-likeness (QED) is 0.762. The standard InChI is InChI=1S/C6H12O2.C2HF3O2/c1-4-6(2,3)5(7)8;3-2(4,5)1(6)7/h4H2,1-3H3,(H,7,8);(H,6,7). The summed E-state index contributed by atoms with van der Waals surface area (Å²) in [6.45, 7) is 5.30. The normalized spacial score (nSPS) is 11.3. The maximum Gasteiger partial charge on any atom is 0.490 e. The number of halogens is 3. The highest BCUT2D eigenvalue weighted by molar-refractivity contribution is 5.73. The van der Waals surface area contributed by atoms with Gasteiger partial charge >= 0.3 is 18.1 Å². The summed E-state index contributed by atoms with van der Waals surface area (Å²) in [5, 5.41) is 15.6. The highest BCUT2D eigenvalue weighted by atomic mass is 19.4. The molecule has 0 aliphatic heterocycles. The Morgan fingerprint density at radius 3 is 1.33 bits per heavy atom. The van der Waals surface area contributed by atoms with Crippen LogP contribution in [0.2, 0.25) is 0 Å². The van der Waals surface area contributed by atoms with Crippen LogP contribution in [0.25, 0.3) is 0 Å². The van der Waals surface area contributed by atoms with Gasteiger partial charge in [-0.2, -0.15) is 13.2 Å². The summed E-state index contributed by atoms with van der Waals surface area (Å²) in [5.41, 5.74) is -0.542. The van der Waals surface area contributed by atoms with Gasteiger partial charge in [0.15, 0.2) is 0 Å². The molecule has 0 aliphatic carbocycles. The van der Waals surface area contributed by atoms with Gasteiger partial charge < -0.3 is 10.2 Å². The molecule has 0 heterocycles. The summed E-state index contributed by atoms with van der Waals surface area (Å²) in [5.74, 6) is -3.48. The molecule has 0 aromatic carbocycles. The van der Waals surface area contributed by atoms with Gasteiger partial charge in [0.05, 0.1) is 5.41 Å². The fraction of sp³-hybridized carbons (Fsp3) is 0.750. The fourth-order valence-corrected chi connectivity index (χ4v) is 0.151. The molecule has 0 rings (SSSR count). The number of carbonyl (C=O) groups is 2. The zero-order valence-corrected chi connectivity index (χ0v) is 8.55. The molecule has 0 saturated heterocycles. The second-order valence-corrected chi connectivity index (χ2v) is 3.35. The van der Waals surface area contributed by atoms with Gasteiger partial charge in [-0.15, -0.1) is 0 Å². The van der Waals surface area contributed by atoms with Crippen molar-refractivity contribution in [1.82, 2.24) is 0 Å². The molecular formula is C8H13F3O4. The molecule has 7 heteroatoms. The lowest BCUT2D eigenvalue weighted by atomic mass is 9.91. The summed E-state index contributed by atoms with van der Waals surface area (Å²) < 4.78 is 31.7. The Balaban J connectivity index is 0. The first-order valence-corrected chi connectivity index (χ1v) is 3.98. The molecule has 0 radical (unpaired) electrons. The summed E-state index contributed by atoms with van der Waals surface area (Å²) in [6, 6.07) is 0. The number of rotatable bonds is 2. The van der Waals surface area contributed by atoms with Crippen LogP contribution in [0.4, 0.5) is 13.2 Å². The van der Waals surface area contributed by atoms with Crippen molar-refractivity contribution >= 4 is 11.9 Å². The minimum absolute atomic E-state index is 0.542.